The highest BCUT2D eigenvalue weighted by atomic mass is 19.4. The molecule has 7 nitrogen and oxygen atoms in total. The Kier molecular flexibility index (Phi) is 6.47. The molecule has 0 saturated carbocycles. The number of benzene rings is 1. The van der Waals surface area contributed by atoms with Crippen molar-refractivity contribution in [2.24, 2.45) is 0 Å². The van der Waals surface area contributed by atoms with Gasteiger partial charge in [-0.1, -0.05) is 11.2 Å². The van der Waals surface area contributed by atoms with Crippen molar-refractivity contribution in [1.82, 2.24) is 14.7 Å². The average Bonchev–Trinajstić information content (AvgIpc) is 3.16. The van der Waals surface area contributed by atoms with Crippen molar-refractivity contribution in [3.05, 3.63) is 75.7 Å². The number of methoxy groups -OCH3 is 1. The third kappa shape index (κ3) is 4.96. The van der Waals surface area contributed by atoms with Crippen LogP contribution in [-0.4, -0.2) is 33.8 Å². The fourth-order valence-corrected chi connectivity index (χ4v) is 4.04. The second kappa shape index (κ2) is 9.36. The zero-order chi connectivity index (χ0) is 25.3. The number of nitrogens with zero attached hydrogens (tertiary/aromatic N) is 3. The van der Waals surface area contributed by atoms with Gasteiger partial charge in [-0.05, 0) is 38.1 Å². The first-order valence-corrected chi connectivity index (χ1v) is 10.8. The summed E-state index contributed by atoms with van der Waals surface area (Å²) < 4.78 is 50.5. The van der Waals surface area contributed by atoms with Crippen LogP contribution in [0.1, 0.15) is 40.3 Å². The number of carbonyl (C=O) groups excluding carboxylic acids is 1. The number of hydrogen-bond acceptors (Lipinski definition) is 6. The summed E-state index contributed by atoms with van der Waals surface area (Å²) in [5.74, 6) is 0.111. The summed E-state index contributed by atoms with van der Waals surface area (Å²) in [6.45, 7) is 3.53. The zero-order valence-electron chi connectivity index (χ0n) is 19.3. The van der Waals surface area contributed by atoms with Crippen LogP contribution in [0.25, 0.3) is 22.0 Å². The van der Waals surface area contributed by atoms with Gasteiger partial charge in [0.05, 0.1) is 48.1 Å². The van der Waals surface area contributed by atoms with E-state index >= 15 is 0 Å². The van der Waals surface area contributed by atoms with Gasteiger partial charge in [-0.3, -0.25) is 14.6 Å². The summed E-state index contributed by atoms with van der Waals surface area (Å²) in [5, 5.41) is 4.45. The maximum atomic E-state index is 13.3. The van der Waals surface area contributed by atoms with Crippen LogP contribution in [-0.2, 0) is 6.54 Å². The lowest BCUT2D eigenvalue weighted by molar-refractivity contribution is -0.133. The molecular formula is C25H22F3N3O4. The van der Waals surface area contributed by atoms with E-state index < -0.39 is 30.4 Å². The predicted octanol–water partition coefficient (Wildman–Crippen LogP) is 5.25. The molecular weight excluding hydrogens is 463 g/mol. The number of ether oxygens (including phenoxy) is 1. The van der Waals surface area contributed by atoms with E-state index in [-0.39, 0.29) is 12.1 Å². The van der Waals surface area contributed by atoms with E-state index in [0.29, 0.717) is 44.9 Å². The summed E-state index contributed by atoms with van der Waals surface area (Å²) in [7, 11) is 1.49. The van der Waals surface area contributed by atoms with Crippen LogP contribution in [0, 0.1) is 13.8 Å². The number of hydrogen-bond donors (Lipinski definition) is 0. The highest BCUT2D eigenvalue weighted by molar-refractivity contribution is 6.00. The molecule has 4 aromatic rings. The molecule has 0 aliphatic heterocycles. The maximum Gasteiger partial charge on any atom is 0.389 e. The maximum absolute atomic E-state index is 13.3. The quantitative estimate of drug-likeness (QED) is 0.332. The van der Waals surface area contributed by atoms with E-state index in [1.807, 2.05) is 0 Å². The van der Waals surface area contributed by atoms with Gasteiger partial charge < -0.3 is 13.8 Å². The van der Waals surface area contributed by atoms with E-state index in [1.54, 1.807) is 50.4 Å². The SMILES string of the molecule is COc1cc2c(cc1-c1c(C)noc1C)cc(C(=O)CCC(F)(F)F)c(=O)n2Cc1ccccn1. The zero-order valence-corrected chi connectivity index (χ0v) is 19.3. The smallest absolute Gasteiger partial charge is 0.389 e. The van der Waals surface area contributed by atoms with Gasteiger partial charge in [0, 0.05) is 29.6 Å². The van der Waals surface area contributed by atoms with E-state index in [4.69, 9.17) is 9.26 Å². The Morgan fingerprint density at radius 2 is 1.94 bits per heavy atom. The number of aryl methyl sites for hydroxylation is 2. The van der Waals surface area contributed by atoms with Crippen LogP contribution in [0.2, 0.25) is 0 Å². The van der Waals surface area contributed by atoms with Crippen molar-refractivity contribution >= 4 is 16.7 Å². The van der Waals surface area contributed by atoms with Crippen LogP contribution in [0.4, 0.5) is 13.2 Å². The number of alkyl halides is 3. The van der Waals surface area contributed by atoms with Gasteiger partial charge in [-0.25, -0.2) is 0 Å². The summed E-state index contributed by atoms with van der Waals surface area (Å²) in [6.07, 6.45) is -5.07. The normalized spacial score (nSPS) is 11.7. The van der Waals surface area contributed by atoms with E-state index in [2.05, 4.69) is 10.1 Å². The fourth-order valence-electron chi connectivity index (χ4n) is 4.04. The molecule has 0 aliphatic rings. The number of rotatable bonds is 7. The molecule has 182 valence electrons. The first kappa shape index (κ1) is 24.2. The first-order chi connectivity index (χ1) is 16.6. The van der Waals surface area contributed by atoms with E-state index in [0.717, 1.165) is 0 Å². The summed E-state index contributed by atoms with van der Waals surface area (Å²) in [5.41, 5.74) is 1.91. The van der Waals surface area contributed by atoms with E-state index in [9.17, 15) is 22.8 Å². The molecule has 0 saturated heterocycles. The number of halogens is 3. The largest absolute Gasteiger partial charge is 0.496 e. The van der Waals surface area contributed by atoms with Crippen LogP contribution in [0.5, 0.6) is 5.75 Å². The molecule has 3 aromatic heterocycles. The predicted molar refractivity (Wildman–Crippen MR) is 123 cm³/mol. The Morgan fingerprint density at radius 1 is 1.17 bits per heavy atom. The molecule has 0 radical (unpaired) electrons. The molecule has 3 heterocycles. The molecule has 35 heavy (non-hydrogen) atoms. The molecule has 1 aromatic carbocycles. The molecule has 0 fully saturated rings. The van der Waals surface area contributed by atoms with Crippen molar-refractivity contribution < 1.29 is 27.2 Å². The minimum absolute atomic E-state index is 0.0182. The van der Waals surface area contributed by atoms with Crippen LogP contribution < -0.4 is 10.3 Å². The lowest BCUT2D eigenvalue weighted by atomic mass is 9.98. The molecule has 0 spiro atoms. The number of aromatic nitrogens is 3. The van der Waals surface area contributed by atoms with Gasteiger partial charge in [0.2, 0.25) is 0 Å². The van der Waals surface area contributed by atoms with E-state index in [1.165, 1.54) is 17.7 Å². The third-order valence-corrected chi connectivity index (χ3v) is 5.70. The van der Waals surface area contributed by atoms with Gasteiger partial charge in [0.25, 0.3) is 5.56 Å². The highest BCUT2D eigenvalue weighted by Crippen LogP contribution is 2.37. The average molecular weight is 485 g/mol. The van der Waals surface area contributed by atoms with Crippen molar-refractivity contribution in [2.45, 2.75) is 39.4 Å². The van der Waals surface area contributed by atoms with Crippen molar-refractivity contribution in [2.75, 3.05) is 7.11 Å². The second-order valence-corrected chi connectivity index (χ2v) is 8.12. The summed E-state index contributed by atoms with van der Waals surface area (Å²) in [4.78, 5) is 30.3. The number of carbonyl (C=O) groups is 1. The monoisotopic (exact) mass is 485 g/mol. The topological polar surface area (TPSA) is 87.2 Å². The molecule has 10 heteroatoms. The van der Waals surface area contributed by atoms with Crippen LogP contribution >= 0.6 is 0 Å². The molecule has 4 rings (SSSR count). The summed E-state index contributed by atoms with van der Waals surface area (Å²) >= 11 is 0. The van der Waals surface area contributed by atoms with Gasteiger partial charge >= 0.3 is 6.18 Å². The number of fused-ring (bicyclic) bond motifs is 1. The minimum Gasteiger partial charge on any atom is -0.496 e. The molecule has 0 N–H and O–H groups in total. The Balaban J connectivity index is 1.96. The number of pyridine rings is 2. The Bertz CT molecular complexity index is 1440. The van der Waals surface area contributed by atoms with Crippen molar-refractivity contribution in [3.63, 3.8) is 0 Å². The van der Waals surface area contributed by atoms with Gasteiger partial charge in [-0.2, -0.15) is 13.2 Å². The lowest BCUT2D eigenvalue weighted by Gasteiger charge is -2.16. The number of Topliss-reactive ketones (excluding diaryl/α,β-unsaturated/α-hetero) is 1. The molecule has 0 aliphatic carbocycles. The summed E-state index contributed by atoms with van der Waals surface area (Å²) in [6, 6.07) is 9.91. The standard InChI is InChI=1S/C25H22F3N3O4/c1-14-23(15(2)35-30-14)19-11-16-10-18(21(32)7-8-25(26,27)28)24(33)31(20(16)12-22(19)34-3)13-17-6-4-5-9-29-17/h4-6,9-12H,7-8,13H2,1-3H3. The van der Waals surface area contributed by atoms with Gasteiger partial charge in [-0.15, -0.1) is 0 Å². The Morgan fingerprint density at radius 3 is 2.54 bits per heavy atom. The number of ketones is 1. The molecule has 0 atom stereocenters. The Hall–Kier alpha value is -3.95. The fraction of sp³-hybridized carbons (Fsp3) is 0.280. The van der Waals surface area contributed by atoms with Crippen molar-refractivity contribution in [1.29, 1.82) is 0 Å². The first-order valence-electron chi connectivity index (χ1n) is 10.8. The van der Waals surface area contributed by atoms with Gasteiger partial charge in [0.1, 0.15) is 11.5 Å². The highest BCUT2D eigenvalue weighted by Gasteiger charge is 2.29. The molecule has 0 bridgehead atoms. The molecule has 0 amide bonds. The molecule has 0 unspecified atom stereocenters. The second-order valence-electron chi connectivity index (χ2n) is 8.12. The third-order valence-electron chi connectivity index (χ3n) is 5.70. The van der Waals surface area contributed by atoms with Crippen LogP contribution in [0.15, 0.2) is 51.9 Å². The minimum atomic E-state index is -4.51. The van der Waals surface area contributed by atoms with Crippen LogP contribution in [0.3, 0.4) is 0 Å². The Labute approximate surface area is 198 Å². The van der Waals surface area contributed by atoms with Gasteiger partial charge in [0.15, 0.2) is 5.78 Å². The van der Waals surface area contributed by atoms with Crippen molar-refractivity contribution in [3.8, 4) is 16.9 Å². The lowest BCUT2D eigenvalue weighted by Crippen LogP contribution is -2.28.